The summed E-state index contributed by atoms with van der Waals surface area (Å²) < 4.78 is 5.55. The maximum Gasteiger partial charge on any atom is 0.191 e. The van der Waals surface area contributed by atoms with Gasteiger partial charge in [0.2, 0.25) is 0 Å². The van der Waals surface area contributed by atoms with Gasteiger partial charge in [-0.1, -0.05) is 18.2 Å². The predicted molar refractivity (Wildman–Crippen MR) is 107 cm³/mol. The summed E-state index contributed by atoms with van der Waals surface area (Å²) in [5.74, 6) is 1.74. The Kier molecular flexibility index (Phi) is 5.96. The minimum Gasteiger partial charge on any atom is -0.468 e. The molecule has 2 aromatic heterocycles. The summed E-state index contributed by atoms with van der Waals surface area (Å²) >= 11 is 0. The van der Waals surface area contributed by atoms with Crippen molar-refractivity contribution in [2.24, 2.45) is 4.99 Å². The molecule has 0 bridgehead atoms. The first-order valence-electron chi connectivity index (χ1n) is 8.88. The summed E-state index contributed by atoms with van der Waals surface area (Å²) in [6, 6.07) is 12.4. The number of para-hydroxylation sites is 1. The number of nitrogens with zero attached hydrogens (tertiary/aromatic N) is 2. The van der Waals surface area contributed by atoms with Crippen molar-refractivity contribution in [3.05, 3.63) is 60.2 Å². The quantitative estimate of drug-likeness (QED) is 0.451. The normalized spacial score (nSPS) is 13.3. The van der Waals surface area contributed by atoms with Gasteiger partial charge in [-0.15, -0.1) is 0 Å². The molecule has 1 atom stereocenters. The molecular weight excluding hydrogens is 326 g/mol. The average Bonchev–Trinajstić information content (AvgIpc) is 3.30. The van der Waals surface area contributed by atoms with Crippen LogP contribution in [0, 0.1) is 0 Å². The third kappa shape index (κ3) is 4.26. The first kappa shape index (κ1) is 18.1. The zero-order chi connectivity index (χ0) is 18.4. The van der Waals surface area contributed by atoms with Crippen LogP contribution in [0.3, 0.4) is 0 Å². The molecule has 0 aliphatic heterocycles. The lowest BCUT2D eigenvalue weighted by molar-refractivity contribution is 0.258. The average molecular weight is 353 g/mol. The van der Waals surface area contributed by atoms with E-state index in [9.17, 15) is 0 Å². The molecule has 0 radical (unpaired) electrons. The van der Waals surface area contributed by atoms with E-state index >= 15 is 0 Å². The van der Waals surface area contributed by atoms with Crippen molar-refractivity contribution in [3.8, 4) is 0 Å². The second kappa shape index (κ2) is 8.58. The van der Waals surface area contributed by atoms with Crippen LogP contribution in [0.2, 0.25) is 0 Å². The topological polar surface area (TPSA) is 68.6 Å². The lowest BCUT2D eigenvalue weighted by Gasteiger charge is -2.23. The number of benzene rings is 1. The minimum atomic E-state index is 0.150. The fourth-order valence-corrected chi connectivity index (χ4v) is 3.09. The number of aromatic nitrogens is 1. The summed E-state index contributed by atoms with van der Waals surface area (Å²) in [5, 5.41) is 8.05. The largest absolute Gasteiger partial charge is 0.468 e. The van der Waals surface area contributed by atoms with Crippen molar-refractivity contribution in [1.82, 2.24) is 20.5 Å². The molecule has 6 nitrogen and oxygen atoms in total. The molecule has 1 unspecified atom stereocenters. The number of fused-ring (bicyclic) bond motifs is 1. The minimum absolute atomic E-state index is 0.150. The van der Waals surface area contributed by atoms with Gasteiger partial charge in [-0.05, 0) is 44.3 Å². The summed E-state index contributed by atoms with van der Waals surface area (Å²) in [5.41, 5.74) is 2.49. The summed E-state index contributed by atoms with van der Waals surface area (Å²) in [4.78, 5) is 9.77. The van der Waals surface area contributed by atoms with Crippen LogP contribution in [0.25, 0.3) is 10.9 Å². The van der Waals surface area contributed by atoms with Crippen molar-refractivity contribution in [3.63, 3.8) is 0 Å². The molecule has 0 fully saturated rings. The molecule has 3 aromatic rings. The van der Waals surface area contributed by atoms with Crippen LogP contribution in [0.4, 0.5) is 0 Å². The molecule has 3 N–H and O–H groups in total. The van der Waals surface area contributed by atoms with Crippen LogP contribution in [-0.4, -0.2) is 50.1 Å². The van der Waals surface area contributed by atoms with Crippen molar-refractivity contribution >= 4 is 16.9 Å². The highest BCUT2D eigenvalue weighted by molar-refractivity contribution is 5.83. The standard InChI is InChI=1S/C20H27N5O/c1-21-20(24-14-18(25(2)3)19-9-6-12-26-19)22-11-10-15-13-23-17-8-5-4-7-16(15)17/h4-9,12-13,18,23H,10-11,14H2,1-3H3,(H2,21,22,24). The molecule has 138 valence electrons. The summed E-state index contributed by atoms with van der Waals surface area (Å²) in [7, 11) is 5.88. The van der Waals surface area contributed by atoms with Crippen molar-refractivity contribution < 1.29 is 4.42 Å². The number of hydrogen-bond donors (Lipinski definition) is 3. The maximum absolute atomic E-state index is 5.55. The zero-order valence-electron chi connectivity index (χ0n) is 15.6. The fourth-order valence-electron chi connectivity index (χ4n) is 3.09. The van der Waals surface area contributed by atoms with E-state index in [4.69, 9.17) is 4.42 Å². The van der Waals surface area contributed by atoms with E-state index in [1.807, 2.05) is 32.3 Å². The Bertz CT molecular complexity index is 835. The number of H-pyrrole nitrogens is 1. The van der Waals surface area contributed by atoms with E-state index in [1.54, 1.807) is 13.3 Å². The van der Waals surface area contributed by atoms with Crippen LogP contribution in [0.5, 0.6) is 0 Å². The first-order chi connectivity index (χ1) is 12.7. The lowest BCUT2D eigenvalue weighted by Crippen LogP contribution is -2.42. The van der Waals surface area contributed by atoms with E-state index in [1.165, 1.54) is 16.5 Å². The van der Waals surface area contributed by atoms with Crippen LogP contribution in [-0.2, 0) is 6.42 Å². The van der Waals surface area contributed by atoms with Gasteiger partial charge in [-0.25, -0.2) is 0 Å². The van der Waals surface area contributed by atoms with Gasteiger partial charge in [-0.2, -0.15) is 0 Å². The molecular formula is C20H27N5O. The highest BCUT2D eigenvalue weighted by Gasteiger charge is 2.17. The molecule has 0 amide bonds. The van der Waals surface area contributed by atoms with Gasteiger partial charge < -0.3 is 20.0 Å². The maximum atomic E-state index is 5.55. The SMILES string of the molecule is CN=C(NCCc1c[nH]c2ccccc12)NCC(c1ccco1)N(C)C. The number of aromatic amines is 1. The van der Waals surface area contributed by atoms with Gasteiger partial charge in [0.05, 0.1) is 12.3 Å². The van der Waals surface area contributed by atoms with Crippen molar-refractivity contribution in [2.45, 2.75) is 12.5 Å². The van der Waals surface area contributed by atoms with Crippen molar-refractivity contribution in [2.75, 3.05) is 34.2 Å². The van der Waals surface area contributed by atoms with Crippen molar-refractivity contribution in [1.29, 1.82) is 0 Å². The van der Waals surface area contributed by atoms with Crippen LogP contribution in [0.1, 0.15) is 17.4 Å². The van der Waals surface area contributed by atoms with Crippen LogP contribution >= 0.6 is 0 Å². The van der Waals surface area contributed by atoms with E-state index in [0.29, 0.717) is 6.54 Å². The second-order valence-electron chi connectivity index (χ2n) is 6.48. The molecule has 0 aliphatic rings. The Morgan fingerprint density at radius 3 is 2.77 bits per heavy atom. The highest BCUT2D eigenvalue weighted by atomic mass is 16.3. The zero-order valence-corrected chi connectivity index (χ0v) is 15.6. The van der Waals surface area contributed by atoms with Gasteiger partial charge >= 0.3 is 0 Å². The smallest absolute Gasteiger partial charge is 0.191 e. The Morgan fingerprint density at radius 1 is 1.19 bits per heavy atom. The molecule has 26 heavy (non-hydrogen) atoms. The van der Waals surface area contributed by atoms with Gasteiger partial charge in [0.25, 0.3) is 0 Å². The first-order valence-corrected chi connectivity index (χ1v) is 8.88. The molecule has 6 heteroatoms. The molecule has 3 rings (SSSR count). The van der Waals surface area contributed by atoms with Gasteiger partial charge in [0.1, 0.15) is 5.76 Å². The number of furan rings is 1. The number of aliphatic imine (C=N–C) groups is 1. The third-order valence-electron chi connectivity index (χ3n) is 4.54. The van der Waals surface area contributed by atoms with Crippen LogP contribution in [0.15, 0.2) is 58.3 Å². The van der Waals surface area contributed by atoms with Gasteiger partial charge in [0, 0.05) is 37.2 Å². The van der Waals surface area contributed by atoms with Crippen LogP contribution < -0.4 is 10.6 Å². The third-order valence-corrected chi connectivity index (χ3v) is 4.54. The highest BCUT2D eigenvalue weighted by Crippen LogP contribution is 2.18. The van der Waals surface area contributed by atoms with E-state index in [2.05, 4.69) is 49.9 Å². The predicted octanol–water partition coefficient (Wildman–Crippen LogP) is 2.77. The number of likely N-dealkylation sites (N-methyl/N-ethyl adjacent to an activating group) is 1. The second-order valence-corrected chi connectivity index (χ2v) is 6.48. The number of nitrogens with one attached hydrogen (secondary N) is 3. The number of rotatable bonds is 7. The fraction of sp³-hybridized carbons (Fsp3) is 0.350. The lowest BCUT2D eigenvalue weighted by atomic mass is 10.1. The molecule has 0 saturated carbocycles. The summed E-state index contributed by atoms with van der Waals surface area (Å²) in [6.07, 6.45) is 4.72. The van der Waals surface area contributed by atoms with E-state index in [-0.39, 0.29) is 6.04 Å². The van der Waals surface area contributed by atoms with E-state index < -0.39 is 0 Å². The van der Waals surface area contributed by atoms with Gasteiger partial charge in [-0.3, -0.25) is 9.89 Å². The Morgan fingerprint density at radius 2 is 2.04 bits per heavy atom. The molecule has 0 spiro atoms. The molecule has 0 saturated heterocycles. The van der Waals surface area contributed by atoms with E-state index in [0.717, 1.165) is 24.7 Å². The molecule has 2 heterocycles. The Labute approximate surface area is 154 Å². The monoisotopic (exact) mass is 353 g/mol. The molecule has 1 aromatic carbocycles. The summed E-state index contributed by atoms with van der Waals surface area (Å²) in [6.45, 7) is 1.53. The van der Waals surface area contributed by atoms with Gasteiger partial charge in [0.15, 0.2) is 5.96 Å². The molecule has 0 aliphatic carbocycles. The Hall–Kier alpha value is -2.73. The number of guanidine groups is 1. The Balaban J connectivity index is 1.52. The number of hydrogen-bond acceptors (Lipinski definition) is 3.